The van der Waals surface area contributed by atoms with E-state index in [2.05, 4.69) is 68.2 Å². The van der Waals surface area contributed by atoms with E-state index in [-0.39, 0.29) is 5.54 Å². The molecule has 1 saturated heterocycles. The number of hydrogen-bond acceptors (Lipinski definition) is 3. The Morgan fingerprint density at radius 3 is 2.62 bits per heavy atom. The average Bonchev–Trinajstić information content (AvgIpc) is 3.27. The van der Waals surface area contributed by atoms with E-state index >= 15 is 0 Å². The fourth-order valence-electron chi connectivity index (χ4n) is 3.65. The molecule has 1 aliphatic carbocycles. The van der Waals surface area contributed by atoms with Crippen molar-refractivity contribution in [1.29, 1.82) is 0 Å². The van der Waals surface area contributed by atoms with E-state index in [1.165, 1.54) is 29.8 Å². The Morgan fingerprint density at radius 1 is 1.29 bits per heavy atom. The van der Waals surface area contributed by atoms with Crippen molar-refractivity contribution >= 4 is 11.4 Å². The highest BCUT2D eigenvalue weighted by molar-refractivity contribution is 5.63. The van der Waals surface area contributed by atoms with E-state index in [0.29, 0.717) is 6.04 Å². The van der Waals surface area contributed by atoms with E-state index in [9.17, 15) is 0 Å². The van der Waals surface area contributed by atoms with E-state index in [0.717, 1.165) is 19.0 Å². The molecule has 0 aromatic heterocycles. The first-order valence-corrected chi connectivity index (χ1v) is 8.20. The molecule has 1 aromatic carbocycles. The van der Waals surface area contributed by atoms with Crippen LogP contribution in [0.15, 0.2) is 18.2 Å². The molecular formula is C18H29N3. The Kier molecular flexibility index (Phi) is 3.64. The second-order valence-electron chi connectivity index (χ2n) is 7.41. The second kappa shape index (κ2) is 5.20. The van der Waals surface area contributed by atoms with Crippen molar-refractivity contribution in [2.24, 2.45) is 5.92 Å². The van der Waals surface area contributed by atoms with Crippen LogP contribution in [0, 0.1) is 12.8 Å². The Morgan fingerprint density at radius 2 is 2.00 bits per heavy atom. The molecule has 3 nitrogen and oxygen atoms in total. The van der Waals surface area contributed by atoms with E-state index < -0.39 is 0 Å². The minimum absolute atomic E-state index is 0.287. The van der Waals surface area contributed by atoms with Crippen LogP contribution >= 0.6 is 0 Å². The second-order valence-corrected chi connectivity index (χ2v) is 7.41. The van der Waals surface area contributed by atoms with Crippen molar-refractivity contribution in [3.8, 4) is 0 Å². The van der Waals surface area contributed by atoms with Gasteiger partial charge in [-0.15, -0.1) is 0 Å². The number of nitrogens with one attached hydrogen (secondary N) is 1. The fraction of sp³-hybridized carbons (Fsp3) is 0.667. The minimum Gasteiger partial charge on any atom is -0.377 e. The van der Waals surface area contributed by atoms with Gasteiger partial charge in [0.1, 0.15) is 0 Å². The summed E-state index contributed by atoms with van der Waals surface area (Å²) in [5.74, 6) is 0.867. The molecule has 1 aliphatic heterocycles. The normalized spacial score (nSPS) is 29.6. The predicted octanol–water partition coefficient (Wildman–Crippen LogP) is 3.03. The standard InChI is InChI=1S/C18H29N3/c1-13-6-9-16(10-17(13)20(4)5)21-12-18(3,15-7-8-15)19-11-14(21)2/h6,9-10,14-15,19H,7-8,11-12H2,1-5H3. The van der Waals surface area contributed by atoms with Crippen LogP contribution in [0.4, 0.5) is 11.4 Å². The number of aryl methyl sites for hydroxylation is 1. The quantitative estimate of drug-likeness (QED) is 0.922. The first kappa shape index (κ1) is 14.7. The van der Waals surface area contributed by atoms with Crippen LogP contribution in [0.25, 0.3) is 0 Å². The van der Waals surface area contributed by atoms with Crippen LogP contribution in [0.5, 0.6) is 0 Å². The molecule has 2 unspecified atom stereocenters. The van der Waals surface area contributed by atoms with Gasteiger partial charge in [-0.1, -0.05) is 6.07 Å². The van der Waals surface area contributed by atoms with Crippen LogP contribution in [-0.4, -0.2) is 38.8 Å². The van der Waals surface area contributed by atoms with Crippen molar-refractivity contribution in [2.75, 3.05) is 37.0 Å². The van der Waals surface area contributed by atoms with Crippen LogP contribution in [0.2, 0.25) is 0 Å². The summed E-state index contributed by atoms with van der Waals surface area (Å²) in [6.07, 6.45) is 2.78. The van der Waals surface area contributed by atoms with Gasteiger partial charge in [-0.25, -0.2) is 0 Å². The van der Waals surface area contributed by atoms with Gasteiger partial charge in [-0.05, 0) is 57.2 Å². The summed E-state index contributed by atoms with van der Waals surface area (Å²) in [5.41, 5.74) is 4.32. The third-order valence-corrected chi connectivity index (χ3v) is 5.32. The van der Waals surface area contributed by atoms with Gasteiger partial charge >= 0.3 is 0 Å². The number of benzene rings is 1. The van der Waals surface area contributed by atoms with Gasteiger partial charge < -0.3 is 15.1 Å². The van der Waals surface area contributed by atoms with Gasteiger partial charge in [-0.2, -0.15) is 0 Å². The third kappa shape index (κ3) is 2.76. The van der Waals surface area contributed by atoms with Gasteiger partial charge in [0.25, 0.3) is 0 Å². The fourth-order valence-corrected chi connectivity index (χ4v) is 3.65. The van der Waals surface area contributed by atoms with E-state index in [4.69, 9.17) is 0 Å². The average molecular weight is 287 g/mol. The summed E-state index contributed by atoms with van der Waals surface area (Å²) in [7, 11) is 4.25. The maximum atomic E-state index is 3.80. The van der Waals surface area contributed by atoms with Crippen molar-refractivity contribution in [2.45, 2.75) is 45.2 Å². The summed E-state index contributed by atoms with van der Waals surface area (Å²) in [6.45, 7) is 9.13. The lowest BCUT2D eigenvalue weighted by Crippen LogP contribution is -2.63. The molecule has 0 amide bonds. The molecule has 21 heavy (non-hydrogen) atoms. The Hall–Kier alpha value is -1.22. The zero-order chi connectivity index (χ0) is 15.2. The van der Waals surface area contributed by atoms with E-state index in [1.54, 1.807) is 0 Å². The summed E-state index contributed by atoms with van der Waals surface area (Å²) in [5, 5.41) is 3.80. The molecule has 1 heterocycles. The molecule has 116 valence electrons. The number of rotatable bonds is 3. The van der Waals surface area contributed by atoms with Crippen LogP contribution < -0.4 is 15.1 Å². The highest BCUT2D eigenvalue weighted by Crippen LogP contribution is 2.42. The maximum Gasteiger partial charge on any atom is 0.0411 e. The Balaban J connectivity index is 1.88. The first-order chi connectivity index (χ1) is 9.90. The molecule has 3 heteroatoms. The molecule has 2 atom stereocenters. The van der Waals surface area contributed by atoms with Crippen LogP contribution in [0.1, 0.15) is 32.3 Å². The van der Waals surface area contributed by atoms with Crippen LogP contribution in [0.3, 0.4) is 0 Å². The smallest absolute Gasteiger partial charge is 0.0411 e. The largest absolute Gasteiger partial charge is 0.377 e. The summed E-state index contributed by atoms with van der Waals surface area (Å²) in [6, 6.07) is 7.45. The maximum absolute atomic E-state index is 3.80. The Labute approximate surface area is 129 Å². The lowest BCUT2D eigenvalue weighted by atomic mass is 9.90. The SMILES string of the molecule is Cc1ccc(N2CC(C)(C3CC3)NCC2C)cc1N(C)C. The summed E-state index contributed by atoms with van der Waals surface area (Å²) in [4.78, 5) is 4.81. The van der Waals surface area contributed by atoms with Crippen molar-refractivity contribution in [1.82, 2.24) is 5.32 Å². The number of anilines is 2. The topological polar surface area (TPSA) is 18.5 Å². The molecule has 0 bridgehead atoms. The highest BCUT2D eigenvalue weighted by Gasteiger charge is 2.45. The monoisotopic (exact) mass is 287 g/mol. The van der Waals surface area contributed by atoms with Gasteiger partial charge in [0, 0.05) is 50.1 Å². The lowest BCUT2D eigenvalue weighted by Gasteiger charge is -2.47. The van der Waals surface area contributed by atoms with Crippen molar-refractivity contribution in [3.63, 3.8) is 0 Å². The minimum atomic E-state index is 0.287. The molecule has 0 spiro atoms. The van der Waals surface area contributed by atoms with Gasteiger partial charge in [-0.3, -0.25) is 0 Å². The zero-order valence-corrected chi connectivity index (χ0v) is 14.1. The molecule has 2 fully saturated rings. The third-order valence-electron chi connectivity index (χ3n) is 5.32. The van der Waals surface area contributed by atoms with Crippen molar-refractivity contribution < 1.29 is 0 Å². The number of piperazine rings is 1. The zero-order valence-electron chi connectivity index (χ0n) is 14.1. The molecular weight excluding hydrogens is 258 g/mol. The lowest BCUT2D eigenvalue weighted by molar-refractivity contribution is 0.261. The molecule has 0 radical (unpaired) electrons. The number of hydrogen-bond donors (Lipinski definition) is 1. The van der Waals surface area contributed by atoms with Crippen LogP contribution in [-0.2, 0) is 0 Å². The van der Waals surface area contributed by atoms with E-state index in [1.807, 2.05) is 0 Å². The highest BCUT2D eigenvalue weighted by atomic mass is 15.3. The molecule has 1 saturated carbocycles. The molecule has 3 rings (SSSR count). The molecule has 2 aliphatic rings. The van der Waals surface area contributed by atoms with Gasteiger partial charge in [0.05, 0.1) is 0 Å². The first-order valence-electron chi connectivity index (χ1n) is 8.20. The van der Waals surface area contributed by atoms with Gasteiger partial charge in [0.15, 0.2) is 0 Å². The molecule has 1 N–H and O–H groups in total. The van der Waals surface area contributed by atoms with Crippen molar-refractivity contribution in [3.05, 3.63) is 23.8 Å². The summed E-state index contributed by atoms with van der Waals surface area (Å²) >= 11 is 0. The predicted molar refractivity (Wildman–Crippen MR) is 91.4 cm³/mol. The molecule has 1 aromatic rings. The Bertz CT molecular complexity index is 521. The number of nitrogens with zero attached hydrogens (tertiary/aromatic N) is 2. The summed E-state index contributed by atoms with van der Waals surface area (Å²) < 4.78 is 0. The van der Waals surface area contributed by atoms with Gasteiger partial charge in [0.2, 0.25) is 0 Å².